The molecule has 1 amide bonds. The van der Waals surface area contributed by atoms with Gasteiger partial charge in [-0.25, -0.2) is 9.37 Å². The second-order valence-electron chi connectivity index (χ2n) is 3.33. The monoisotopic (exact) mass is 245 g/mol. The van der Waals surface area contributed by atoms with E-state index in [0.29, 0.717) is 0 Å². The van der Waals surface area contributed by atoms with E-state index in [2.05, 4.69) is 9.97 Å². The highest BCUT2D eigenvalue weighted by Crippen LogP contribution is 2.25. The van der Waals surface area contributed by atoms with Crippen molar-refractivity contribution in [2.45, 2.75) is 11.8 Å². The topological polar surface area (TPSA) is 55.3 Å². The van der Waals surface area contributed by atoms with E-state index in [4.69, 9.17) is 16.3 Å². The third-order valence-corrected chi connectivity index (χ3v) is 2.51. The highest BCUT2D eigenvalue weighted by Gasteiger charge is 2.32. The van der Waals surface area contributed by atoms with E-state index in [9.17, 15) is 9.18 Å². The molecular formula is C9H9ClFN3O2. The van der Waals surface area contributed by atoms with Crippen LogP contribution in [0.1, 0.15) is 6.42 Å². The minimum atomic E-state index is -0.667. The van der Waals surface area contributed by atoms with Crippen molar-refractivity contribution in [3.05, 3.63) is 12.0 Å². The molecule has 1 aromatic rings. The third kappa shape index (κ3) is 1.92. The van der Waals surface area contributed by atoms with E-state index in [1.54, 1.807) is 0 Å². The Balaban J connectivity index is 2.35. The molecule has 5 nitrogen and oxygen atoms in total. The second kappa shape index (κ2) is 4.21. The van der Waals surface area contributed by atoms with E-state index in [0.717, 1.165) is 6.20 Å². The smallest absolute Gasteiger partial charge is 0.318 e. The molecule has 1 saturated heterocycles. The Morgan fingerprint density at radius 3 is 3.00 bits per heavy atom. The normalized spacial score (nSPS) is 20.3. The molecule has 86 valence electrons. The molecule has 0 bridgehead atoms. The Hall–Kier alpha value is -1.43. The van der Waals surface area contributed by atoms with Gasteiger partial charge in [-0.1, -0.05) is 0 Å². The molecule has 1 aliphatic heterocycles. The predicted octanol–water partition coefficient (Wildman–Crippen LogP) is 0.968. The zero-order chi connectivity index (χ0) is 11.7. The highest BCUT2D eigenvalue weighted by atomic mass is 35.5. The summed E-state index contributed by atoms with van der Waals surface area (Å²) in [5, 5.41) is -0.312. The summed E-state index contributed by atoms with van der Waals surface area (Å²) >= 11 is 5.82. The minimum Gasteiger partial charge on any atom is -0.467 e. The summed E-state index contributed by atoms with van der Waals surface area (Å²) in [5.41, 5.74) is 0. The van der Waals surface area contributed by atoms with Crippen LogP contribution in [0.2, 0.25) is 0 Å². The van der Waals surface area contributed by atoms with E-state index in [-0.39, 0.29) is 36.1 Å². The average Bonchev–Trinajstić information content (AvgIpc) is 2.58. The first kappa shape index (κ1) is 11.1. The molecule has 2 rings (SSSR count). The molecule has 0 aliphatic carbocycles. The summed E-state index contributed by atoms with van der Waals surface area (Å²) < 4.78 is 18.2. The van der Waals surface area contributed by atoms with Crippen LogP contribution in [0.25, 0.3) is 0 Å². The van der Waals surface area contributed by atoms with Gasteiger partial charge in [0.2, 0.25) is 5.91 Å². The third-order valence-electron chi connectivity index (χ3n) is 2.22. The Kier molecular flexibility index (Phi) is 2.91. The van der Waals surface area contributed by atoms with Crippen LogP contribution >= 0.6 is 11.6 Å². The van der Waals surface area contributed by atoms with Crippen molar-refractivity contribution < 1.29 is 13.9 Å². The lowest BCUT2D eigenvalue weighted by Crippen LogP contribution is -2.27. The highest BCUT2D eigenvalue weighted by molar-refractivity contribution is 6.24. The standard InChI is InChI=1S/C9H9ClFN3O2/c1-16-9-12-3-6(11)8(13-9)14-4-5(10)2-7(14)15/h3,5H,2,4H2,1H3. The quantitative estimate of drug-likeness (QED) is 0.729. The number of ether oxygens (including phenoxy) is 1. The maximum absolute atomic E-state index is 13.4. The molecule has 1 aliphatic rings. The van der Waals surface area contributed by atoms with Crippen molar-refractivity contribution in [1.82, 2.24) is 9.97 Å². The Morgan fingerprint density at radius 1 is 1.69 bits per heavy atom. The average molecular weight is 246 g/mol. The molecule has 0 radical (unpaired) electrons. The SMILES string of the molecule is COc1ncc(F)c(N2CC(Cl)CC2=O)n1. The molecule has 7 heteroatoms. The summed E-state index contributed by atoms with van der Waals surface area (Å²) in [6.07, 6.45) is 1.16. The first-order chi connectivity index (χ1) is 7.61. The van der Waals surface area contributed by atoms with Crippen LogP contribution in [0.4, 0.5) is 10.2 Å². The number of carbonyl (C=O) groups excluding carboxylic acids is 1. The first-order valence-corrected chi connectivity index (χ1v) is 5.06. The van der Waals surface area contributed by atoms with Gasteiger partial charge in [-0.2, -0.15) is 4.98 Å². The number of amides is 1. The first-order valence-electron chi connectivity index (χ1n) is 4.62. The lowest BCUT2D eigenvalue weighted by molar-refractivity contribution is -0.117. The molecule has 16 heavy (non-hydrogen) atoms. The van der Waals surface area contributed by atoms with Crippen LogP contribution in [-0.2, 0) is 4.79 Å². The lowest BCUT2D eigenvalue weighted by Gasteiger charge is -2.15. The number of methoxy groups -OCH3 is 1. The number of alkyl halides is 1. The summed E-state index contributed by atoms with van der Waals surface area (Å²) in [5.74, 6) is -1.00. The van der Waals surface area contributed by atoms with Gasteiger partial charge in [0.05, 0.1) is 18.7 Å². The Labute approximate surface area is 96.2 Å². The number of halogens is 2. The van der Waals surface area contributed by atoms with E-state index in [1.807, 2.05) is 0 Å². The lowest BCUT2D eigenvalue weighted by atomic mass is 10.4. The summed E-state index contributed by atoms with van der Waals surface area (Å²) in [6.45, 7) is 0.247. The van der Waals surface area contributed by atoms with Crippen LogP contribution in [-0.4, -0.2) is 34.9 Å². The Morgan fingerprint density at radius 2 is 2.44 bits per heavy atom. The van der Waals surface area contributed by atoms with Gasteiger partial charge >= 0.3 is 6.01 Å². The van der Waals surface area contributed by atoms with Crippen molar-refractivity contribution >= 4 is 23.3 Å². The zero-order valence-electron chi connectivity index (χ0n) is 8.48. The number of anilines is 1. The van der Waals surface area contributed by atoms with Crippen LogP contribution in [0.3, 0.4) is 0 Å². The number of nitrogens with zero attached hydrogens (tertiary/aromatic N) is 3. The van der Waals surface area contributed by atoms with Crippen LogP contribution in [0, 0.1) is 5.82 Å². The van der Waals surface area contributed by atoms with E-state index in [1.165, 1.54) is 12.0 Å². The molecule has 0 N–H and O–H groups in total. The van der Waals surface area contributed by atoms with Gasteiger partial charge in [0.25, 0.3) is 0 Å². The van der Waals surface area contributed by atoms with Crippen molar-refractivity contribution in [1.29, 1.82) is 0 Å². The van der Waals surface area contributed by atoms with Crippen LogP contribution < -0.4 is 9.64 Å². The molecule has 1 unspecified atom stereocenters. The summed E-state index contributed by atoms with van der Waals surface area (Å²) in [6, 6.07) is 0.0159. The molecular weight excluding hydrogens is 237 g/mol. The van der Waals surface area contributed by atoms with Gasteiger partial charge in [-0.05, 0) is 0 Å². The van der Waals surface area contributed by atoms with Crippen LogP contribution in [0.5, 0.6) is 6.01 Å². The van der Waals surface area contributed by atoms with Gasteiger partial charge in [0.15, 0.2) is 11.6 Å². The molecule has 1 atom stereocenters. The summed E-state index contributed by atoms with van der Waals surface area (Å²) in [4.78, 5) is 20.1. The number of hydrogen-bond acceptors (Lipinski definition) is 4. The summed E-state index contributed by atoms with van der Waals surface area (Å²) in [7, 11) is 1.37. The Bertz CT molecular complexity index is 429. The molecule has 0 spiro atoms. The number of aromatic nitrogens is 2. The molecule has 1 aromatic heterocycles. The van der Waals surface area contributed by atoms with E-state index < -0.39 is 5.82 Å². The molecule has 2 heterocycles. The van der Waals surface area contributed by atoms with Crippen molar-refractivity contribution in [3.63, 3.8) is 0 Å². The minimum absolute atomic E-state index is 0.0159. The maximum atomic E-state index is 13.4. The maximum Gasteiger partial charge on any atom is 0.318 e. The number of rotatable bonds is 2. The number of hydrogen-bond donors (Lipinski definition) is 0. The van der Waals surface area contributed by atoms with Gasteiger partial charge in [-0.3, -0.25) is 9.69 Å². The van der Waals surface area contributed by atoms with Gasteiger partial charge in [0, 0.05) is 13.0 Å². The molecule has 0 saturated carbocycles. The van der Waals surface area contributed by atoms with Gasteiger partial charge < -0.3 is 4.74 Å². The van der Waals surface area contributed by atoms with Crippen molar-refractivity contribution in [2.75, 3.05) is 18.6 Å². The van der Waals surface area contributed by atoms with Crippen molar-refractivity contribution in [2.24, 2.45) is 0 Å². The zero-order valence-corrected chi connectivity index (χ0v) is 9.24. The predicted molar refractivity (Wildman–Crippen MR) is 55.2 cm³/mol. The largest absolute Gasteiger partial charge is 0.467 e. The van der Waals surface area contributed by atoms with Gasteiger partial charge in [0.1, 0.15) is 0 Å². The van der Waals surface area contributed by atoms with Crippen molar-refractivity contribution in [3.8, 4) is 6.01 Å². The molecule has 1 fully saturated rings. The molecule has 0 aromatic carbocycles. The fourth-order valence-electron chi connectivity index (χ4n) is 1.50. The van der Waals surface area contributed by atoms with E-state index >= 15 is 0 Å². The second-order valence-corrected chi connectivity index (χ2v) is 3.95. The fourth-order valence-corrected chi connectivity index (χ4v) is 1.77. The fraction of sp³-hybridized carbons (Fsp3) is 0.444. The number of carbonyl (C=O) groups is 1. The van der Waals surface area contributed by atoms with Crippen LogP contribution in [0.15, 0.2) is 6.20 Å². The van der Waals surface area contributed by atoms with Gasteiger partial charge in [-0.15, -0.1) is 11.6 Å².